The van der Waals surface area contributed by atoms with Crippen molar-refractivity contribution in [3.05, 3.63) is 51.4 Å². The minimum Gasteiger partial charge on any atom is -0.491 e. The van der Waals surface area contributed by atoms with Crippen LogP contribution in [0.25, 0.3) is 10.2 Å². The smallest absolute Gasteiger partial charge is 0.262 e. The number of carbonyl (C=O) groups is 1. The van der Waals surface area contributed by atoms with Crippen molar-refractivity contribution in [3.8, 4) is 5.75 Å². The number of nitrogens with one attached hydrogen (secondary N) is 1. The summed E-state index contributed by atoms with van der Waals surface area (Å²) in [6.45, 7) is 10.7. The highest BCUT2D eigenvalue weighted by Gasteiger charge is 2.31. The molecule has 0 fully saturated rings. The van der Waals surface area contributed by atoms with Gasteiger partial charge in [0.2, 0.25) is 5.91 Å². The molecule has 2 aromatic heterocycles. The van der Waals surface area contributed by atoms with Gasteiger partial charge in [0.05, 0.1) is 17.8 Å². The SMILES string of the molecule is CC(C)Oc1ccc(NC(=O)Cn2cnc3sc4c(c3c2=O)CCC(C(C)(C)C)C4)cc1. The molecule has 6 nitrogen and oxygen atoms in total. The van der Waals surface area contributed by atoms with Crippen LogP contribution >= 0.6 is 11.3 Å². The second-order valence-electron chi connectivity index (χ2n) is 9.91. The van der Waals surface area contributed by atoms with Crippen LogP contribution in [0.3, 0.4) is 0 Å². The van der Waals surface area contributed by atoms with Gasteiger partial charge in [-0.15, -0.1) is 11.3 Å². The van der Waals surface area contributed by atoms with E-state index in [4.69, 9.17) is 4.74 Å². The molecule has 0 bridgehead atoms. The number of rotatable bonds is 5. The molecular weight excluding hydrogens is 422 g/mol. The Morgan fingerprint density at radius 2 is 2.00 bits per heavy atom. The second kappa shape index (κ2) is 8.70. The molecule has 170 valence electrons. The summed E-state index contributed by atoms with van der Waals surface area (Å²) in [5, 5.41) is 3.54. The van der Waals surface area contributed by atoms with Gasteiger partial charge in [-0.25, -0.2) is 4.98 Å². The number of carbonyl (C=O) groups excluding carboxylic acids is 1. The number of benzene rings is 1. The van der Waals surface area contributed by atoms with Crippen molar-refractivity contribution in [2.75, 3.05) is 5.32 Å². The minimum atomic E-state index is -0.261. The molecule has 2 heterocycles. The topological polar surface area (TPSA) is 73.2 Å². The van der Waals surface area contributed by atoms with E-state index in [1.165, 1.54) is 15.8 Å². The van der Waals surface area contributed by atoms with E-state index in [1.54, 1.807) is 23.5 Å². The summed E-state index contributed by atoms with van der Waals surface area (Å²) in [6.07, 6.45) is 4.55. The number of anilines is 1. The average molecular weight is 454 g/mol. The zero-order valence-electron chi connectivity index (χ0n) is 19.4. The molecule has 1 aliphatic carbocycles. The van der Waals surface area contributed by atoms with Gasteiger partial charge in [0.25, 0.3) is 5.56 Å². The molecule has 7 heteroatoms. The Balaban J connectivity index is 1.51. The highest BCUT2D eigenvalue weighted by Crippen LogP contribution is 2.41. The third-order valence-electron chi connectivity index (χ3n) is 6.08. The molecule has 3 aromatic rings. The number of hydrogen-bond donors (Lipinski definition) is 1. The summed E-state index contributed by atoms with van der Waals surface area (Å²) < 4.78 is 7.04. The van der Waals surface area contributed by atoms with Crippen molar-refractivity contribution in [1.82, 2.24) is 9.55 Å². The Hall–Kier alpha value is -2.67. The van der Waals surface area contributed by atoms with Crippen LogP contribution in [0.4, 0.5) is 5.69 Å². The number of aromatic nitrogens is 2. The summed E-state index contributed by atoms with van der Waals surface area (Å²) in [4.78, 5) is 32.4. The van der Waals surface area contributed by atoms with Gasteiger partial charge in [0.15, 0.2) is 0 Å². The van der Waals surface area contributed by atoms with Gasteiger partial charge in [0.1, 0.15) is 17.1 Å². The Bertz CT molecular complexity index is 1190. The molecule has 1 aromatic carbocycles. The number of aryl methyl sites for hydroxylation is 1. The van der Waals surface area contributed by atoms with E-state index in [9.17, 15) is 9.59 Å². The molecule has 0 aliphatic heterocycles. The normalized spacial score (nSPS) is 16.2. The second-order valence-corrected chi connectivity index (χ2v) is 11.0. The van der Waals surface area contributed by atoms with Crippen LogP contribution < -0.4 is 15.6 Å². The molecule has 1 N–H and O–H groups in total. The third-order valence-corrected chi connectivity index (χ3v) is 7.25. The Morgan fingerprint density at radius 1 is 1.28 bits per heavy atom. The molecule has 0 radical (unpaired) electrons. The van der Waals surface area contributed by atoms with Crippen LogP contribution in [0.2, 0.25) is 0 Å². The lowest BCUT2D eigenvalue weighted by Gasteiger charge is -2.33. The fourth-order valence-corrected chi connectivity index (χ4v) is 5.55. The lowest BCUT2D eigenvalue weighted by molar-refractivity contribution is -0.116. The number of fused-ring (bicyclic) bond motifs is 3. The van der Waals surface area contributed by atoms with Crippen molar-refractivity contribution < 1.29 is 9.53 Å². The van der Waals surface area contributed by atoms with Gasteiger partial charge < -0.3 is 10.1 Å². The third kappa shape index (κ3) is 4.72. The first-order valence-electron chi connectivity index (χ1n) is 11.2. The van der Waals surface area contributed by atoms with Crippen molar-refractivity contribution >= 4 is 33.1 Å². The molecule has 1 amide bonds. The van der Waals surface area contributed by atoms with Crippen LogP contribution in [-0.2, 0) is 24.2 Å². The Labute approximate surface area is 192 Å². The van der Waals surface area contributed by atoms with E-state index in [2.05, 4.69) is 31.1 Å². The highest BCUT2D eigenvalue weighted by molar-refractivity contribution is 7.18. The molecule has 0 spiro atoms. The van der Waals surface area contributed by atoms with E-state index < -0.39 is 0 Å². The maximum Gasteiger partial charge on any atom is 0.262 e. The number of amides is 1. The van der Waals surface area contributed by atoms with E-state index in [0.717, 1.165) is 35.4 Å². The largest absolute Gasteiger partial charge is 0.491 e. The first kappa shape index (κ1) is 22.5. The standard InChI is InChI=1S/C25H31N3O3S/c1-15(2)31-18-9-7-17(8-10-18)27-21(29)13-28-14-26-23-22(24(28)30)19-11-6-16(25(3,4)5)12-20(19)32-23/h7-10,14-16H,6,11-13H2,1-5H3,(H,27,29). The summed E-state index contributed by atoms with van der Waals surface area (Å²) in [7, 11) is 0. The number of thiophene rings is 1. The minimum absolute atomic E-state index is 0.0682. The fraction of sp³-hybridized carbons (Fsp3) is 0.480. The predicted molar refractivity (Wildman–Crippen MR) is 130 cm³/mol. The molecule has 1 atom stereocenters. The predicted octanol–water partition coefficient (Wildman–Crippen LogP) is 5.03. The maximum absolute atomic E-state index is 13.2. The van der Waals surface area contributed by atoms with Gasteiger partial charge >= 0.3 is 0 Å². The Kier molecular flexibility index (Phi) is 6.12. The van der Waals surface area contributed by atoms with E-state index >= 15 is 0 Å². The highest BCUT2D eigenvalue weighted by atomic mass is 32.1. The number of hydrogen-bond acceptors (Lipinski definition) is 5. The number of nitrogens with zero attached hydrogens (tertiary/aromatic N) is 2. The lowest BCUT2D eigenvalue weighted by Crippen LogP contribution is -2.29. The summed E-state index contributed by atoms with van der Waals surface area (Å²) in [5.41, 5.74) is 1.92. The molecule has 32 heavy (non-hydrogen) atoms. The van der Waals surface area contributed by atoms with E-state index in [-0.39, 0.29) is 29.5 Å². The molecular formula is C25H31N3O3S. The molecule has 0 saturated carbocycles. The molecule has 4 rings (SSSR count). The van der Waals surface area contributed by atoms with Crippen LogP contribution in [0, 0.1) is 11.3 Å². The zero-order valence-corrected chi connectivity index (χ0v) is 20.2. The van der Waals surface area contributed by atoms with Crippen LogP contribution in [-0.4, -0.2) is 21.6 Å². The van der Waals surface area contributed by atoms with Crippen LogP contribution in [0.15, 0.2) is 35.4 Å². The monoisotopic (exact) mass is 453 g/mol. The molecule has 1 unspecified atom stereocenters. The summed E-state index contributed by atoms with van der Waals surface area (Å²) in [5.74, 6) is 1.09. The zero-order chi connectivity index (χ0) is 23.0. The first-order valence-corrected chi connectivity index (χ1v) is 12.0. The fourth-order valence-electron chi connectivity index (χ4n) is 4.30. The van der Waals surface area contributed by atoms with Crippen molar-refractivity contribution in [1.29, 1.82) is 0 Å². The van der Waals surface area contributed by atoms with Crippen molar-refractivity contribution in [2.24, 2.45) is 11.3 Å². The van der Waals surface area contributed by atoms with Gasteiger partial charge in [-0.1, -0.05) is 20.8 Å². The summed E-state index contributed by atoms with van der Waals surface area (Å²) >= 11 is 1.63. The lowest BCUT2D eigenvalue weighted by atomic mass is 9.72. The molecule has 0 saturated heterocycles. The van der Waals surface area contributed by atoms with E-state index in [1.807, 2.05) is 26.0 Å². The van der Waals surface area contributed by atoms with Gasteiger partial charge in [-0.3, -0.25) is 14.2 Å². The summed E-state index contributed by atoms with van der Waals surface area (Å²) in [6, 6.07) is 7.22. The number of ether oxygens (including phenoxy) is 1. The van der Waals surface area contributed by atoms with Crippen LogP contribution in [0.5, 0.6) is 5.75 Å². The van der Waals surface area contributed by atoms with Crippen molar-refractivity contribution in [3.63, 3.8) is 0 Å². The maximum atomic E-state index is 13.2. The Morgan fingerprint density at radius 3 is 2.66 bits per heavy atom. The van der Waals surface area contributed by atoms with E-state index in [0.29, 0.717) is 17.0 Å². The molecule has 1 aliphatic rings. The van der Waals surface area contributed by atoms with Crippen LogP contribution in [0.1, 0.15) is 51.5 Å². The van der Waals surface area contributed by atoms with Gasteiger partial charge in [-0.2, -0.15) is 0 Å². The first-order chi connectivity index (χ1) is 15.1. The van der Waals surface area contributed by atoms with Crippen molar-refractivity contribution in [2.45, 2.75) is 66.5 Å². The van der Waals surface area contributed by atoms with Gasteiger partial charge in [-0.05, 0) is 74.3 Å². The quantitative estimate of drug-likeness (QED) is 0.588. The van der Waals surface area contributed by atoms with Gasteiger partial charge in [0, 0.05) is 10.6 Å². The average Bonchev–Trinajstić information content (AvgIpc) is 3.09.